The maximum absolute atomic E-state index is 11.1. The molecule has 0 saturated carbocycles. The zero-order chi connectivity index (χ0) is 8.43. The Hall–Kier alpha value is -0.590. The molecule has 1 atom stereocenters. The first-order valence-electron chi connectivity index (χ1n) is 4.38. The number of rotatable bonds is 2. The Morgan fingerprint density at radius 1 is 1.64 bits per heavy atom. The van der Waals surface area contributed by atoms with Crippen LogP contribution in [0.3, 0.4) is 0 Å². The number of ketones is 1. The summed E-state index contributed by atoms with van der Waals surface area (Å²) in [6.07, 6.45) is 3.63. The van der Waals surface area contributed by atoms with Gasteiger partial charge >= 0.3 is 0 Å². The minimum atomic E-state index is 0.320. The third-order valence-electron chi connectivity index (χ3n) is 2.46. The number of hydrogen-bond donors (Lipinski definition) is 0. The maximum atomic E-state index is 11.1. The van der Waals surface area contributed by atoms with Crippen molar-refractivity contribution in [2.45, 2.75) is 33.6 Å². The lowest BCUT2D eigenvalue weighted by atomic mass is 9.88. The molecule has 11 heavy (non-hydrogen) atoms. The van der Waals surface area contributed by atoms with Crippen LogP contribution in [0, 0.1) is 11.8 Å². The van der Waals surface area contributed by atoms with Gasteiger partial charge in [-0.2, -0.15) is 0 Å². The van der Waals surface area contributed by atoms with Gasteiger partial charge < -0.3 is 0 Å². The van der Waals surface area contributed by atoms with Crippen LogP contribution in [0.5, 0.6) is 0 Å². The molecular formula is C10H16O. The summed E-state index contributed by atoms with van der Waals surface area (Å²) in [5.74, 6) is 1.47. The second-order valence-corrected chi connectivity index (χ2v) is 3.59. The topological polar surface area (TPSA) is 17.1 Å². The molecule has 0 aromatic carbocycles. The van der Waals surface area contributed by atoms with E-state index >= 15 is 0 Å². The van der Waals surface area contributed by atoms with Crippen LogP contribution < -0.4 is 0 Å². The lowest BCUT2D eigenvalue weighted by Crippen LogP contribution is -2.08. The third kappa shape index (κ3) is 1.70. The molecule has 0 fully saturated rings. The molecule has 1 nitrogen and oxygen atoms in total. The van der Waals surface area contributed by atoms with Gasteiger partial charge in [0.2, 0.25) is 0 Å². The van der Waals surface area contributed by atoms with E-state index in [4.69, 9.17) is 0 Å². The fraction of sp³-hybridized carbons (Fsp3) is 0.700. The first-order chi connectivity index (χ1) is 5.15. The predicted octanol–water partition coefficient (Wildman–Crippen LogP) is 2.57. The summed E-state index contributed by atoms with van der Waals surface area (Å²) in [4.78, 5) is 11.1. The molecule has 1 unspecified atom stereocenters. The van der Waals surface area contributed by atoms with Gasteiger partial charge in [-0.15, -0.1) is 0 Å². The molecule has 0 radical (unpaired) electrons. The average Bonchev–Trinajstić information content (AvgIpc) is 2.30. The summed E-state index contributed by atoms with van der Waals surface area (Å²) in [6, 6.07) is 0. The molecular weight excluding hydrogens is 136 g/mol. The molecule has 1 heteroatoms. The van der Waals surface area contributed by atoms with Crippen molar-refractivity contribution in [1.82, 2.24) is 0 Å². The number of allylic oxidation sites excluding steroid dienone is 2. The normalized spacial score (nSPS) is 24.5. The van der Waals surface area contributed by atoms with E-state index in [1.165, 1.54) is 5.57 Å². The standard InChI is InChI=1S/C10H16O/c1-4-8-5-9(11)6-10(8)7(2)3/h5,7,10H,4,6H2,1-3H3. The van der Waals surface area contributed by atoms with Crippen molar-refractivity contribution in [3.05, 3.63) is 11.6 Å². The van der Waals surface area contributed by atoms with Gasteiger partial charge in [0.25, 0.3) is 0 Å². The van der Waals surface area contributed by atoms with Crippen LogP contribution >= 0.6 is 0 Å². The molecule has 0 bridgehead atoms. The summed E-state index contributed by atoms with van der Waals surface area (Å²) in [7, 11) is 0. The van der Waals surface area contributed by atoms with E-state index in [1.807, 2.05) is 6.08 Å². The van der Waals surface area contributed by atoms with Gasteiger partial charge in [0, 0.05) is 6.42 Å². The molecule has 0 heterocycles. The molecule has 0 aromatic heterocycles. The first kappa shape index (κ1) is 8.51. The fourth-order valence-electron chi connectivity index (χ4n) is 1.75. The van der Waals surface area contributed by atoms with E-state index in [0.717, 1.165) is 12.8 Å². The highest BCUT2D eigenvalue weighted by molar-refractivity contribution is 5.93. The predicted molar refractivity (Wildman–Crippen MR) is 46.3 cm³/mol. The van der Waals surface area contributed by atoms with E-state index in [2.05, 4.69) is 20.8 Å². The van der Waals surface area contributed by atoms with Gasteiger partial charge in [0.15, 0.2) is 5.78 Å². The highest BCUT2D eigenvalue weighted by atomic mass is 16.1. The van der Waals surface area contributed by atoms with Gasteiger partial charge in [0.1, 0.15) is 0 Å². The van der Waals surface area contributed by atoms with Crippen LogP contribution in [0.2, 0.25) is 0 Å². The summed E-state index contributed by atoms with van der Waals surface area (Å²) >= 11 is 0. The molecule has 0 N–H and O–H groups in total. The van der Waals surface area contributed by atoms with Crippen molar-refractivity contribution in [2.75, 3.05) is 0 Å². The minimum absolute atomic E-state index is 0.320. The van der Waals surface area contributed by atoms with Crippen LogP contribution in [0.15, 0.2) is 11.6 Å². The van der Waals surface area contributed by atoms with Crippen molar-refractivity contribution in [3.8, 4) is 0 Å². The summed E-state index contributed by atoms with van der Waals surface area (Å²) < 4.78 is 0. The second kappa shape index (κ2) is 3.21. The number of carbonyl (C=O) groups excluding carboxylic acids is 1. The molecule has 1 aliphatic rings. The zero-order valence-corrected chi connectivity index (χ0v) is 7.55. The molecule has 1 rings (SSSR count). The highest BCUT2D eigenvalue weighted by Gasteiger charge is 2.25. The van der Waals surface area contributed by atoms with Gasteiger partial charge in [-0.05, 0) is 24.3 Å². The molecule has 0 aromatic rings. The van der Waals surface area contributed by atoms with Crippen LogP contribution in [0.1, 0.15) is 33.6 Å². The van der Waals surface area contributed by atoms with Crippen LogP contribution in [0.4, 0.5) is 0 Å². The largest absolute Gasteiger partial charge is 0.295 e. The Labute approximate surface area is 68.5 Å². The van der Waals surface area contributed by atoms with Crippen molar-refractivity contribution < 1.29 is 4.79 Å². The van der Waals surface area contributed by atoms with Gasteiger partial charge in [-0.1, -0.05) is 26.3 Å². The fourth-order valence-corrected chi connectivity index (χ4v) is 1.75. The van der Waals surface area contributed by atoms with Crippen LogP contribution in [-0.2, 0) is 4.79 Å². The Morgan fingerprint density at radius 3 is 2.64 bits per heavy atom. The van der Waals surface area contributed by atoms with Crippen molar-refractivity contribution in [2.24, 2.45) is 11.8 Å². The van der Waals surface area contributed by atoms with E-state index in [-0.39, 0.29) is 0 Å². The molecule has 1 aliphatic carbocycles. The van der Waals surface area contributed by atoms with Crippen LogP contribution in [-0.4, -0.2) is 5.78 Å². The first-order valence-corrected chi connectivity index (χ1v) is 4.38. The van der Waals surface area contributed by atoms with Gasteiger partial charge in [-0.3, -0.25) is 4.79 Å². The van der Waals surface area contributed by atoms with Crippen molar-refractivity contribution in [1.29, 1.82) is 0 Å². The Morgan fingerprint density at radius 2 is 2.27 bits per heavy atom. The van der Waals surface area contributed by atoms with Gasteiger partial charge in [0.05, 0.1) is 0 Å². The summed E-state index contributed by atoms with van der Waals surface area (Å²) in [6.45, 7) is 6.50. The lowest BCUT2D eigenvalue weighted by molar-refractivity contribution is -0.114. The number of hydrogen-bond acceptors (Lipinski definition) is 1. The van der Waals surface area contributed by atoms with Crippen molar-refractivity contribution in [3.63, 3.8) is 0 Å². The average molecular weight is 152 g/mol. The highest BCUT2D eigenvalue weighted by Crippen LogP contribution is 2.31. The van der Waals surface area contributed by atoms with Gasteiger partial charge in [-0.25, -0.2) is 0 Å². The lowest BCUT2D eigenvalue weighted by Gasteiger charge is -2.16. The SMILES string of the molecule is CCC1=CC(=O)CC1C(C)C. The Bertz CT molecular complexity index is 189. The molecule has 0 saturated heterocycles. The van der Waals surface area contributed by atoms with Crippen molar-refractivity contribution >= 4 is 5.78 Å². The Balaban J connectivity index is 2.71. The zero-order valence-electron chi connectivity index (χ0n) is 7.55. The monoisotopic (exact) mass is 152 g/mol. The van der Waals surface area contributed by atoms with E-state index in [0.29, 0.717) is 17.6 Å². The molecule has 0 spiro atoms. The van der Waals surface area contributed by atoms with E-state index in [1.54, 1.807) is 0 Å². The van der Waals surface area contributed by atoms with E-state index in [9.17, 15) is 4.79 Å². The minimum Gasteiger partial charge on any atom is -0.295 e. The quantitative estimate of drug-likeness (QED) is 0.594. The maximum Gasteiger partial charge on any atom is 0.156 e. The molecule has 0 aliphatic heterocycles. The Kier molecular flexibility index (Phi) is 2.48. The second-order valence-electron chi connectivity index (χ2n) is 3.59. The van der Waals surface area contributed by atoms with E-state index < -0.39 is 0 Å². The summed E-state index contributed by atoms with van der Waals surface area (Å²) in [5, 5.41) is 0. The summed E-state index contributed by atoms with van der Waals surface area (Å²) in [5.41, 5.74) is 1.35. The van der Waals surface area contributed by atoms with Crippen LogP contribution in [0.25, 0.3) is 0 Å². The molecule has 0 amide bonds. The smallest absolute Gasteiger partial charge is 0.156 e. The third-order valence-corrected chi connectivity index (χ3v) is 2.46. The molecule has 62 valence electrons. The number of carbonyl (C=O) groups is 1.